The predicted molar refractivity (Wildman–Crippen MR) is 124 cm³/mol. The van der Waals surface area contributed by atoms with Gasteiger partial charge in [0, 0.05) is 16.9 Å². The summed E-state index contributed by atoms with van der Waals surface area (Å²) in [5, 5.41) is 2.80. The molecule has 2 aromatic rings. The molecule has 0 aromatic heterocycles. The van der Waals surface area contributed by atoms with E-state index in [-0.39, 0.29) is 17.2 Å². The molecule has 0 spiro atoms. The standard InChI is InChI=1S/C24H28N2O5S/c1-24(2)20(21(27)25-13-12-14-6-8-15(29-3)9-7-14)26-22(28)18-16(23(26)32-24)10-11-17(30-4)19(18)31-5/h6-11,20,23H,12-13H2,1-5H3,(H,25,27)/t20-,23-/m0/s1. The normalized spacial score (nSPS) is 20.5. The number of benzene rings is 2. The van der Waals surface area contributed by atoms with Gasteiger partial charge in [0.2, 0.25) is 5.91 Å². The van der Waals surface area contributed by atoms with E-state index < -0.39 is 10.8 Å². The number of nitrogens with one attached hydrogen (secondary N) is 1. The summed E-state index contributed by atoms with van der Waals surface area (Å²) in [6.07, 6.45) is 0.693. The highest BCUT2D eigenvalue weighted by Crippen LogP contribution is 2.58. The smallest absolute Gasteiger partial charge is 0.260 e. The molecular formula is C24H28N2O5S. The summed E-state index contributed by atoms with van der Waals surface area (Å²) >= 11 is 1.62. The molecule has 2 heterocycles. The second-order valence-corrected chi connectivity index (χ2v) is 10.1. The van der Waals surface area contributed by atoms with Crippen LogP contribution in [-0.2, 0) is 11.2 Å². The van der Waals surface area contributed by atoms with E-state index in [2.05, 4.69) is 5.32 Å². The van der Waals surface area contributed by atoms with Gasteiger partial charge >= 0.3 is 0 Å². The maximum Gasteiger partial charge on any atom is 0.260 e. The van der Waals surface area contributed by atoms with Crippen LogP contribution in [0.4, 0.5) is 0 Å². The van der Waals surface area contributed by atoms with Crippen LogP contribution in [0.15, 0.2) is 36.4 Å². The van der Waals surface area contributed by atoms with E-state index in [1.54, 1.807) is 30.9 Å². The quantitative estimate of drug-likeness (QED) is 0.688. The lowest BCUT2D eigenvalue weighted by Crippen LogP contribution is -2.52. The lowest BCUT2D eigenvalue weighted by atomic mass is 10.0. The summed E-state index contributed by atoms with van der Waals surface area (Å²) in [5.41, 5.74) is 2.45. The van der Waals surface area contributed by atoms with Crippen molar-refractivity contribution in [2.24, 2.45) is 0 Å². The summed E-state index contributed by atoms with van der Waals surface area (Å²) in [6.45, 7) is 4.51. The van der Waals surface area contributed by atoms with Gasteiger partial charge in [-0.05, 0) is 44.0 Å². The number of amides is 2. The van der Waals surface area contributed by atoms with Crippen molar-refractivity contribution in [1.29, 1.82) is 0 Å². The Kier molecular flexibility index (Phi) is 5.99. The highest BCUT2D eigenvalue weighted by Gasteiger charge is 2.58. The van der Waals surface area contributed by atoms with Gasteiger partial charge in [0.05, 0.1) is 26.9 Å². The minimum atomic E-state index is -0.594. The van der Waals surface area contributed by atoms with Crippen molar-refractivity contribution in [3.8, 4) is 17.2 Å². The number of nitrogens with zero attached hydrogens (tertiary/aromatic N) is 1. The van der Waals surface area contributed by atoms with Gasteiger partial charge in [-0.3, -0.25) is 9.59 Å². The van der Waals surface area contributed by atoms with Crippen LogP contribution in [-0.4, -0.2) is 55.4 Å². The summed E-state index contributed by atoms with van der Waals surface area (Å²) in [6, 6.07) is 10.9. The Bertz CT molecular complexity index is 1040. The molecule has 0 aliphatic carbocycles. The number of carbonyl (C=O) groups excluding carboxylic acids is 2. The number of carbonyl (C=O) groups is 2. The molecule has 0 radical (unpaired) electrons. The van der Waals surface area contributed by atoms with E-state index in [0.29, 0.717) is 30.0 Å². The Morgan fingerprint density at radius 2 is 1.78 bits per heavy atom. The predicted octanol–water partition coefficient (Wildman–Crippen LogP) is 3.42. The molecule has 1 N–H and O–H groups in total. The summed E-state index contributed by atoms with van der Waals surface area (Å²) in [7, 11) is 4.70. The first-order valence-electron chi connectivity index (χ1n) is 10.5. The molecule has 2 aliphatic rings. The SMILES string of the molecule is COc1ccc(CCNC(=O)[C@@H]2N3C(=O)c4c(ccc(OC)c4OC)[C@@H]3SC2(C)C)cc1. The van der Waals surface area contributed by atoms with Crippen LogP contribution in [0.1, 0.15) is 40.7 Å². The number of fused-ring (bicyclic) bond motifs is 3. The third kappa shape index (κ3) is 3.66. The van der Waals surface area contributed by atoms with E-state index in [4.69, 9.17) is 14.2 Å². The van der Waals surface area contributed by atoms with Crippen molar-refractivity contribution < 1.29 is 23.8 Å². The van der Waals surface area contributed by atoms with Crippen LogP contribution < -0.4 is 19.5 Å². The van der Waals surface area contributed by atoms with Crippen molar-refractivity contribution in [2.45, 2.75) is 36.4 Å². The molecule has 2 atom stereocenters. The van der Waals surface area contributed by atoms with Crippen LogP contribution in [0.5, 0.6) is 17.2 Å². The first kappa shape index (κ1) is 22.3. The number of rotatable bonds is 7. The van der Waals surface area contributed by atoms with E-state index in [0.717, 1.165) is 16.9 Å². The molecule has 2 amide bonds. The van der Waals surface area contributed by atoms with Gasteiger partial charge in [-0.25, -0.2) is 0 Å². The molecule has 170 valence electrons. The molecule has 2 aliphatic heterocycles. The fourth-order valence-corrected chi connectivity index (χ4v) is 6.05. The maximum atomic E-state index is 13.5. The van der Waals surface area contributed by atoms with Gasteiger partial charge in [-0.2, -0.15) is 0 Å². The van der Waals surface area contributed by atoms with Crippen LogP contribution in [0.25, 0.3) is 0 Å². The van der Waals surface area contributed by atoms with Crippen LogP contribution in [0.3, 0.4) is 0 Å². The number of methoxy groups -OCH3 is 3. The highest BCUT2D eigenvalue weighted by atomic mass is 32.2. The molecular weight excluding hydrogens is 428 g/mol. The molecule has 1 fully saturated rings. The highest BCUT2D eigenvalue weighted by molar-refractivity contribution is 8.01. The second-order valence-electron chi connectivity index (χ2n) is 8.34. The summed E-state index contributed by atoms with van der Waals surface area (Å²) < 4.78 is 15.6. The molecule has 32 heavy (non-hydrogen) atoms. The number of ether oxygens (including phenoxy) is 3. The Hall–Kier alpha value is -2.87. The van der Waals surface area contributed by atoms with Gasteiger partial charge in [0.15, 0.2) is 11.5 Å². The lowest BCUT2D eigenvalue weighted by Gasteiger charge is -2.29. The average molecular weight is 457 g/mol. The minimum absolute atomic E-state index is 0.148. The molecule has 4 rings (SSSR count). The molecule has 7 nitrogen and oxygen atoms in total. The maximum absolute atomic E-state index is 13.5. The van der Waals surface area contributed by atoms with Gasteiger partial charge in [-0.1, -0.05) is 18.2 Å². The average Bonchev–Trinajstić information content (AvgIpc) is 3.22. The molecule has 0 bridgehead atoms. The topological polar surface area (TPSA) is 77.1 Å². The van der Waals surface area contributed by atoms with E-state index in [1.807, 2.05) is 50.2 Å². The summed E-state index contributed by atoms with van der Waals surface area (Å²) in [4.78, 5) is 28.4. The molecule has 1 saturated heterocycles. The minimum Gasteiger partial charge on any atom is -0.497 e. The molecule has 0 unspecified atom stereocenters. The second kappa shape index (κ2) is 8.58. The van der Waals surface area contributed by atoms with Crippen LogP contribution in [0.2, 0.25) is 0 Å². The van der Waals surface area contributed by atoms with Crippen LogP contribution in [0, 0.1) is 0 Å². The first-order chi connectivity index (χ1) is 15.3. The Labute approximate surface area is 192 Å². The van der Waals surface area contributed by atoms with Gasteiger partial charge < -0.3 is 24.4 Å². The number of thioether (sulfide) groups is 1. The largest absolute Gasteiger partial charge is 0.497 e. The monoisotopic (exact) mass is 456 g/mol. The van der Waals surface area contributed by atoms with Crippen molar-refractivity contribution in [2.75, 3.05) is 27.9 Å². The zero-order valence-corrected chi connectivity index (χ0v) is 19.7. The fraction of sp³-hybridized carbons (Fsp3) is 0.417. The Morgan fingerprint density at radius 3 is 2.41 bits per heavy atom. The lowest BCUT2D eigenvalue weighted by molar-refractivity contribution is -0.126. The van der Waals surface area contributed by atoms with Gasteiger partial charge in [-0.15, -0.1) is 11.8 Å². The Balaban J connectivity index is 1.52. The molecule has 0 saturated carbocycles. The number of hydrogen-bond donors (Lipinski definition) is 1. The fourth-order valence-electron chi connectivity index (χ4n) is 4.47. The molecule has 8 heteroatoms. The van der Waals surface area contributed by atoms with Gasteiger partial charge in [0.25, 0.3) is 5.91 Å². The molecule has 2 aromatic carbocycles. The zero-order chi connectivity index (χ0) is 23.0. The van der Waals surface area contributed by atoms with E-state index in [9.17, 15) is 9.59 Å². The van der Waals surface area contributed by atoms with Crippen molar-refractivity contribution in [3.05, 3.63) is 53.1 Å². The first-order valence-corrected chi connectivity index (χ1v) is 11.4. The van der Waals surface area contributed by atoms with Crippen molar-refractivity contribution in [3.63, 3.8) is 0 Å². The van der Waals surface area contributed by atoms with Gasteiger partial charge in [0.1, 0.15) is 17.2 Å². The van der Waals surface area contributed by atoms with E-state index in [1.165, 1.54) is 7.11 Å². The van der Waals surface area contributed by atoms with Crippen molar-refractivity contribution in [1.82, 2.24) is 10.2 Å². The van der Waals surface area contributed by atoms with Crippen molar-refractivity contribution >= 4 is 23.6 Å². The zero-order valence-electron chi connectivity index (χ0n) is 18.9. The third-order valence-electron chi connectivity index (χ3n) is 6.02. The van der Waals surface area contributed by atoms with E-state index >= 15 is 0 Å². The third-order valence-corrected chi connectivity index (χ3v) is 7.55. The Morgan fingerprint density at radius 1 is 1.06 bits per heavy atom. The number of hydrogen-bond acceptors (Lipinski definition) is 6. The summed E-state index contributed by atoms with van der Waals surface area (Å²) in [5.74, 6) is 1.37. The van der Waals surface area contributed by atoms with Crippen LogP contribution >= 0.6 is 11.8 Å².